The van der Waals surface area contributed by atoms with E-state index in [0.717, 1.165) is 33.4 Å². The van der Waals surface area contributed by atoms with Crippen LogP contribution in [-0.2, 0) is 15.7 Å². The molecule has 4 rings (SSSR count). The first-order valence-corrected chi connectivity index (χ1v) is 9.45. The van der Waals surface area contributed by atoms with Gasteiger partial charge < -0.3 is 14.3 Å². The first-order valence-electron chi connectivity index (χ1n) is 9.45. The van der Waals surface area contributed by atoms with Crippen molar-refractivity contribution in [1.29, 1.82) is 0 Å². The molecule has 7 nitrogen and oxygen atoms in total. The molecule has 4 heterocycles. The lowest BCUT2D eigenvalue weighted by Crippen LogP contribution is -2.41. The minimum atomic E-state index is -0.473. The summed E-state index contributed by atoms with van der Waals surface area (Å²) in [7, 11) is -0.473. The van der Waals surface area contributed by atoms with E-state index in [1.165, 1.54) is 0 Å². The van der Waals surface area contributed by atoms with E-state index in [4.69, 9.17) is 9.31 Å². The Morgan fingerprint density at radius 3 is 2.43 bits per heavy atom. The van der Waals surface area contributed by atoms with Crippen LogP contribution in [0, 0.1) is 13.8 Å². The second kappa shape index (κ2) is 6.29. The SMILES string of the molecule is Cc1[nH]nc(C(=O)Cc2cnc3[nH]c(B4OC(C)(C)C(C)(C)O4)cc3c2)c1C. The lowest BCUT2D eigenvalue weighted by molar-refractivity contribution is 0.00578. The Bertz CT molecular complexity index is 1050. The van der Waals surface area contributed by atoms with Gasteiger partial charge in [-0.15, -0.1) is 0 Å². The summed E-state index contributed by atoms with van der Waals surface area (Å²) in [5.74, 6) is -0.0234. The normalized spacial score (nSPS) is 18.1. The second-order valence-corrected chi connectivity index (χ2v) is 8.52. The predicted molar refractivity (Wildman–Crippen MR) is 108 cm³/mol. The molecule has 3 aromatic rings. The highest BCUT2D eigenvalue weighted by atomic mass is 16.7. The molecule has 0 aromatic carbocycles. The molecule has 0 unspecified atom stereocenters. The van der Waals surface area contributed by atoms with Crippen LogP contribution in [0.1, 0.15) is 55.0 Å². The van der Waals surface area contributed by atoms with E-state index >= 15 is 0 Å². The molecular weight excluding hydrogens is 355 g/mol. The molecule has 0 bridgehead atoms. The summed E-state index contributed by atoms with van der Waals surface area (Å²) in [5, 5.41) is 7.91. The van der Waals surface area contributed by atoms with E-state index < -0.39 is 18.3 Å². The molecule has 28 heavy (non-hydrogen) atoms. The van der Waals surface area contributed by atoms with E-state index in [-0.39, 0.29) is 12.2 Å². The molecule has 1 saturated heterocycles. The lowest BCUT2D eigenvalue weighted by atomic mass is 9.85. The number of ketones is 1. The molecule has 1 fully saturated rings. The summed E-state index contributed by atoms with van der Waals surface area (Å²) in [4.78, 5) is 20.3. The van der Waals surface area contributed by atoms with Crippen LogP contribution >= 0.6 is 0 Å². The first-order chi connectivity index (χ1) is 13.1. The number of Topliss-reactive ketones (excluding diaryl/α,β-unsaturated/α-hetero) is 1. The van der Waals surface area contributed by atoms with Gasteiger partial charge in [0.1, 0.15) is 11.3 Å². The van der Waals surface area contributed by atoms with Gasteiger partial charge in [0.2, 0.25) is 0 Å². The molecule has 146 valence electrons. The molecule has 2 N–H and O–H groups in total. The number of H-pyrrole nitrogens is 2. The van der Waals surface area contributed by atoms with E-state index in [1.54, 1.807) is 6.20 Å². The van der Waals surface area contributed by atoms with Crippen LogP contribution < -0.4 is 5.59 Å². The van der Waals surface area contributed by atoms with Crippen molar-refractivity contribution >= 4 is 29.5 Å². The molecule has 1 aliphatic heterocycles. The quantitative estimate of drug-likeness (QED) is 0.536. The molecule has 0 aliphatic carbocycles. The van der Waals surface area contributed by atoms with Crippen LogP contribution in [0.25, 0.3) is 11.0 Å². The van der Waals surface area contributed by atoms with Crippen molar-refractivity contribution in [3.63, 3.8) is 0 Å². The Balaban J connectivity index is 1.57. The molecule has 0 spiro atoms. The zero-order chi connectivity index (χ0) is 20.3. The van der Waals surface area contributed by atoms with Gasteiger partial charge in [-0.2, -0.15) is 5.10 Å². The fourth-order valence-corrected chi connectivity index (χ4v) is 3.30. The molecule has 0 radical (unpaired) electrons. The average Bonchev–Trinajstić information content (AvgIpc) is 3.23. The number of hydrogen-bond acceptors (Lipinski definition) is 5. The summed E-state index contributed by atoms with van der Waals surface area (Å²) in [5.41, 5.74) is 3.90. The Morgan fingerprint density at radius 1 is 1.14 bits per heavy atom. The fourth-order valence-electron chi connectivity index (χ4n) is 3.30. The van der Waals surface area contributed by atoms with Crippen molar-refractivity contribution in [3.8, 4) is 0 Å². The molecular formula is C20H25BN4O3. The zero-order valence-electron chi connectivity index (χ0n) is 17.1. The Morgan fingerprint density at radius 2 is 1.82 bits per heavy atom. The third kappa shape index (κ3) is 3.06. The predicted octanol–water partition coefficient (Wildman–Crippen LogP) is 2.63. The van der Waals surface area contributed by atoms with Gasteiger partial charge in [0.25, 0.3) is 0 Å². The van der Waals surface area contributed by atoms with E-state index in [0.29, 0.717) is 5.69 Å². The third-order valence-corrected chi connectivity index (χ3v) is 5.94. The molecule has 0 atom stereocenters. The maximum Gasteiger partial charge on any atom is 0.512 e. The maximum atomic E-state index is 12.6. The van der Waals surface area contributed by atoms with Crippen molar-refractivity contribution in [2.45, 2.75) is 59.2 Å². The Kier molecular flexibility index (Phi) is 4.24. The summed E-state index contributed by atoms with van der Waals surface area (Å²) >= 11 is 0. The Labute approximate surface area is 164 Å². The van der Waals surface area contributed by atoms with Gasteiger partial charge in [-0.05, 0) is 59.2 Å². The van der Waals surface area contributed by atoms with Crippen LogP contribution in [-0.4, -0.2) is 44.3 Å². The number of aryl methyl sites for hydroxylation is 1. The van der Waals surface area contributed by atoms with Crippen molar-refractivity contribution < 1.29 is 14.1 Å². The van der Waals surface area contributed by atoms with Crippen LogP contribution in [0.4, 0.5) is 0 Å². The van der Waals surface area contributed by atoms with E-state index in [9.17, 15) is 4.79 Å². The highest BCUT2D eigenvalue weighted by molar-refractivity contribution is 6.61. The van der Waals surface area contributed by atoms with Crippen LogP contribution in [0.3, 0.4) is 0 Å². The standard InChI is InChI=1S/C20H25BN4O3/c1-11-12(2)24-25-17(11)15(26)8-13-7-14-9-16(23-18(14)22-10-13)21-27-19(3,4)20(5,6)28-21/h7,9-10H,8H2,1-6H3,(H,22,23)(H,24,25). The monoisotopic (exact) mass is 380 g/mol. The van der Waals surface area contributed by atoms with Crippen molar-refractivity contribution in [1.82, 2.24) is 20.2 Å². The molecule has 0 saturated carbocycles. The van der Waals surface area contributed by atoms with Crippen LogP contribution in [0.5, 0.6) is 0 Å². The minimum Gasteiger partial charge on any atom is -0.398 e. The second-order valence-electron chi connectivity index (χ2n) is 8.52. The number of carbonyl (C=O) groups is 1. The number of hydrogen-bond donors (Lipinski definition) is 2. The van der Waals surface area contributed by atoms with Crippen molar-refractivity contribution in [2.24, 2.45) is 0 Å². The lowest BCUT2D eigenvalue weighted by Gasteiger charge is -2.32. The van der Waals surface area contributed by atoms with Gasteiger partial charge in [0.05, 0.1) is 11.2 Å². The van der Waals surface area contributed by atoms with Gasteiger partial charge in [-0.25, -0.2) is 4.98 Å². The molecule has 3 aromatic heterocycles. The molecule has 0 amide bonds. The number of carbonyl (C=O) groups excluding carboxylic acids is 1. The highest BCUT2D eigenvalue weighted by Crippen LogP contribution is 2.36. The largest absolute Gasteiger partial charge is 0.512 e. The molecule has 8 heteroatoms. The summed E-state index contributed by atoms with van der Waals surface area (Å²) in [6, 6.07) is 3.95. The van der Waals surface area contributed by atoms with Crippen LogP contribution in [0.2, 0.25) is 0 Å². The summed E-state index contributed by atoms with van der Waals surface area (Å²) in [6.45, 7) is 11.9. The van der Waals surface area contributed by atoms with Gasteiger partial charge in [0, 0.05) is 34.9 Å². The first kappa shape index (κ1) is 18.9. The third-order valence-electron chi connectivity index (χ3n) is 5.94. The number of aromatic nitrogens is 4. The number of nitrogens with zero attached hydrogens (tertiary/aromatic N) is 2. The number of nitrogens with one attached hydrogen (secondary N) is 2. The Hall–Kier alpha value is -2.45. The smallest absolute Gasteiger partial charge is 0.398 e. The minimum absolute atomic E-state index is 0.0234. The molecule has 1 aliphatic rings. The number of pyridine rings is 1. The van der Waals surface area contributed by atoms with Gasteiger partial charge in [-0.1, -0.05) is 0 Å². The highest BCUT2D eigenvalue weighted by Gasteiger charge is 2.52. The summed E-state index contributed by atoms with van der Waals surface area (Å²) in [6.07, 6.45) is 1.98. The maximum absolute atomic E-state index is 12.6. The summed E-state index contributed by atoms with van der Waals surface area (Å²) < 4.78 is 12.2. The zero-order valence-corrected chi connectivity index (χ0v) is 17.1. The number of rotatable bonds is 4. The van der Waals surface area contributed by atoms with Crippen molar-refractivity contribution in [3.05, 3.63) is 40.8 Å². The number of aromatic amines is 2. The van der Waals surface area contributed by atoms with Gasteiger partial charge in [-0.3, -0.25) is 9.89 Å². The topological polar surface area (TPSA) is 92.9 Å². The van der Waals surface area contributed by atoms with Crippen molar-refractivity contribution in [2.75, 3.05) is 0 Å². The van der Waals surface area contributed by atoms with E-state index in [1.807, 2.05) is 53.7 Å². The average molecular weight is 380 g/mol. The van der Waals surface area contributed by atoms with Gasteiger partial charge >= 0.3 is 7.12 Å². The van der Waals surface area contributed by atoms with Crippen LogP contribution in [0.15, 0.2) is 18.3 Å². The number of fused-ring (bicyclic) bond motifs is 1. The van der Waals surface area contributed by atoms with E-state index in [2.05, 4.69) is 20.2 Å². The van der Waals surface area contributed by atoms with Gasteiger partial charge in [0.15, 0.2) is 5.78 Å². The fraction of sp³-hybridized carbons (Fsp3) is 0.450.